The Hall–Kier alpha value is -3.97. The highest BCUT2D eigenvalue weighted by Gasteiger charge is 2.28. The van der Waals surface area contributed by atoms with E-state index in [1.54, 1.807) is 20.8 Å². The van der Waals surface area contributed by atoms with E-state index in [-0.39, 0.29) is 57.5 Å². The van der Waals surface area contributed by atoms with Crippen molar-refractivity contribution in [2.24, 2.45) is 0 Å². The predicted octanol–water partition coefficient (Wildman–Crippen LogP) is 4.46. The molecule has 3 aromatic rings. The van der Waals surface area contributed by atoms with Crippen LogP contribution in [0.1, 0.15) is 49.9 Å². The number of benzene rings is 1. The van der Waals surface area contributed by atoms with E-state index in [0.29, 0.717) is 5.56 Å². The van der Waals surface area contributed by atoms with Crippen LogP contribution >= 0.6 is 22.9 Å². The van der Waals surface area contributed by atoms with Gasteiger partial charge in [-0.2, -0.15) is 5.10 Å². The SMILES string of the molecule is CCOC(=O)c1sc(NC(=O)c2ccn(COc3ccc([N+](=O)[O-])cc3Cl)n2)c(C(=O)OCC)c1C. The van der Waals surface area contributed by atoms with Gasteiger partial charge in [0.1, 0.15) is 15.6 Å². The number of thiophene rings is 1. The van der Waals surface area contributed by atoms with Crippen molar-refractivity contribution in [3.63, 3.8) is 0 Å². The molecule has 0 aliphatic heterocycles. The summed E-state index contributed by atoms with van der Waals surface area (Å²) < 4.78 is 16.9. The monoisotopic (exact) mass is 536 g/mol. The number of carbonyl (C=O) groups is 3. The van der Waals surface area contributed by atoms with Gasteiger partial charge in [0.15, 0.2) is 12.4 Å². The fourth-order valence-corrected chi connectivity index (χ4v) is 4.33. The van der Waals surface area contributed by atoms with E-state index in [9.17, 15) is 24.5 Å². The van der Waals surface area contributed by atoms with Gasteiger partial charge in [0.2, 0.25) is 0 Å². The van der Waals surface area contributed by atoms with Crippen LogP contribution < -0.4 is 10.1 Å². The number of nitrogens with one attached hydrogen (secondary N) is 1. The van der Waals surface area contributed by atoms with Gasteiger partial charge in [0, 0.05) is 18.3 Å². The number of nitro benzene ring substituents is 1. The number of carbonyl (C=O) groups excluding carboxylic acids is 3. The summed E-state index contributed by atoms with van der Waals surface area (Å²) in [6.45, 7) is 4.99. The number of anilines is 1. The first-order valence-electron chi connectivity index (χ1n) is 10.5. The highest BCUT2D eigenvalue weighted by Crippen LogP contribution is 2.34. The Kier molecular flexibility index (Phi) is 8.61. The molecule has 0 aliphatic rings. The summed E-state index contributed by atoms with van der Waals surface area (Å²) in [5.41, 5.74) is 0.231. The number of nitro groups is 1. The summed E-state index contributed by atoms with van der Waals surface area (Å²) >= 11 is 6.91. The Morgan fingerprint density at radius 1 is 1.17 bits per heavy atom. The minimum Gasteiger partial charge on any atom is -0.470 e. The summed E-state index contributed by atoms with van der Waals surface area (Å²) in [4.78, 5) is 48.0. The zero-order valence-electron chi connectivity index (χ0n) is 19.4. The topological polar surface area (TPSA) is 152 Å². The Morgan fingerprint density at radius 2 is 1.86 bits per heavy atom. The molecule has 0 radical (unpaired) electrons. The van der Waals surface area contributed by atoms with E-state index in [1.165, 1.54) is 29.1 Å². The van der Waals surface area contributed by atoms with E-state index in [0.717, 1.165) is 17.4 Å². The maximum atomic E-state index is 12.8. The molecule has 2 heterocycles. The number of aromatic nitrogens is 2. The number of esters is 2. The van der Waals surface area contributed by atoms with Crippen molar-refractivity contribution >= 4 is 51.5 Å². The summed E-state index contributed by atoms with van der Waals surface area (Å²) in [6, 6.07) is 5.19. The molecule has 0 unspecified atom stereocenters. The van der Waals surface area contributed by atoms with Crippen molar-refractivity contribution in [1.82, 2.24) is 9.78 Å². The van der Waals surface area contributed by atoms with Gasteiger partial charge in [0.05, 0.1) is 28.7 Å². The molecule has 0 bridgehead atoms. The zero-order valence-corrected chi connectivity index (χ0v) is 21.0. The Morgan fingerprint density at radius 3 is 2.50 bits per heavy atom. The molecule has 1 amide bonds. The van der Waals surface area contributed by atoms with Gasteiger partial charge < -0.3 is 19.5 Å². The van der Waals surface area contributed by atoms with Crippen LogP contribution in [0.25, 0.3) is 0 Å². The first-order chi connectivity index (χ1) is 17.2. The molecule has 36 heavy (non-hydrogen) atoms. The van der Waals surface area contributed by atoms with Gasteiger partial charge in [-0.15, -0.1) is 11.3 Å². The van der Waals surface area contributed by atoms with Gasteiger partial charge in [-0.25, -0.2) is 14.3 Å². The van der Waals surface area contributed by atoms with E-state index in [2.05, 4.69) is 10.4 Å². The molecule has 0 saturated carbocycles. The first kappa shape index (κ1) is 26.6. The van der Waals surface area contributed by atoms with Gasteiger partial charge in [-0.05, 0) is 38.5 Å². The highest BCUT2D eigenvalue weighted by atomic mass is 35.5. The third-order valence-electron chi connectivity index (χ3n) is 4.67. The standard InChI is InChI=1S/C22H21ClN4O8S/c1-4-33-21(29)17-12(3)18(22(30)34-5-2)36-20(17)24-19(28)15-8-9-26(25-15)11-35-16-7-6-13(27(31)32)10-14(16)23/h6-10H,4-5,11H2,1-3H3,(H,24,28). The lowest BCUT2D eigenvalue weighted by Crippen LogP contribution is -2.16. The first-order valence-corrected chi connectivity index (χ1v) is 11.7. The fraction of sp³-hybridized carbons (Fsp3) is 0.273. The number of amides is 1. The second-order valence-corrected chi connectivity index (χ2v) is 8.47. The molecular weight excluding hydrogens is 516 g/mol. The number of rotatable bonds is 10. The second-order valence-electron chi connectivity index (χ2n) is 7.04. The van der Waals surface area contributed by atoms with Crippen LogP contribution in [-0.4, -0.2) is 45.8 Å². The summed E-state index contributed by atoms with van der Waals surface area (Å²) in [6.07, 6.45) is 1.48. The Balaban J connectivity index is 1.75. The number of nitrogens with zero attached hydrogens (tertiary/aromatic N) is 3. The second kappa shape index (κ2) is 11.6. The lowest BCUT2D eigenvalue weighted by atomic mass is 10.1. The van der Waals surface area contributed by atoms with Crippen molar-refractivity contribution in [1.29, 1.82) is 0 Å². The van der Waals surface area contributed by atoms with E-state index >= 15 is 0 Å². The molecule has 1 aromatic carbocycles. The molecule has 1 N–H and O–H groups in total. The minimum absolute atomic E-state index is 0.00643. The average molecular weight is 537 g/mol. The lowest BCUT2D eigenvalue weighted by Gasteiger charge is -2.08. The zero-order chi connectivity index (χ0) is 26.4. The lowest BCUT2D eigenvalue weighted by molar-refractivity contribution is -0.384. The van der Waals surface area contributed by atoms with Crippen molar-refractivity contribution in [3.8, 4) is 5.75 Å². The molecule has 0 saturated heterocycles. The van der Waals surface area contributed by atoms with Crippen LogP contribution in [0.2, 0.25) is 5.02 Å². The quantitative estimate of drug-likeness (QED) is 0.225. The van der Waals surface area contributed by atoms with Crippen LogP contribution in [-0.2, 0) is 16.2 Å². The van der Waals surface area contributed by atoms with Gasteiger partial charge in [-0.1, -0.05) is 11.6 Å². The molecule has 0 atom stereocenters. The minimum atomic E-state index is -0.684. The van der Waals surface area contributed by atoms with Crippen LogP contribution in [0, 0.1) is 17.0 Å². The molecule has 3 rings (SSSR count). The normalized spacial score (nSPS) is 10.6. The highest BCUT2D eigenvalue weighted by molar-refractivity contribution is 7.18. The summed E-state index contributed by atoms with van der Waals surface area (Å²) in [5, 5.41) is 17.7. The predicted molar refractivity (Wildman–Crippen MR) is 130 cm³/mol. The molecule has 0 aliphatic carbocycles. The average Bonchev–Trinajstić information content (AvgIpc) is 3.43. The van der Waals surface area contributed by atoms with E-state index in [1.807, 2.05) is 0 Å². The van der Waals surface area contributed by atoms with Crippen molar-refractivity contribution in [3.05, 3.63) is 67.3 Å². The van der Waals surface area contributed by atoms with Crippen molar-refractivity contribution in [2.75, 3.05) is 18.5 Å². The molecule has 12 nitrogen and oxygen atoms in total. The van der Waals surface area contributed by atoms with E-state index < -0.39 is 22.8 Å². The molecule has 14 heteroatoms. The van der Waals surface area contributed by atoms with E-state index in [4.69, 9.17) is 25.8 Å². The third-order valence-corrected chi connectivity index (χ3v) is 6.15. The Bertz CT molecular complexity index is 1320. The third kappa shape index (κ3) is 5.98. The van der Waals surface area contributed by atoms with Crippen LogP contribution in [0.3, 0.4) is 0 Å². The van der Waals surface area contributed by atoms with Crippen molar-refractivity contribution in [2.45, 2.75) is 27.5 Å². The fourth-order valence-electron chi connectivity index (χ4n) is 3.02. The smallest absolute Gasteiger partial charge is 0.348 e. The molecule has 0 fully saturated rings. The van der Waals surface area contributed by atoms with Gasteiger partial charge >= 0.3 is 11.9 Å². The van der Waals surface area contributed by atoms with Crippen molar-refractivity contribution < 1.29 is 33.5 Å². The maximum absolute atomic E-state index is 12.8. The number of ether oxygens (including phenoxy) is 3. The summed E-state index contributed by atoms with van der Waals surface area (Å²) in [5.74, 6) is -1.74. The molecule has 190 valence electrons. The molecule has 0 spiro atoms. The Labute approximate surface area is 213 Å². The van der Waals surface area contributed by atoms with Gasteiger partial charge in [-0.3, -0.25) is 14.9 Å². The number of hydrogen-bond acceptors (Lipinski definition) is 10. The largest absolute Gasteiger partial charge is 0.470 e. The van der Waals surface area contributed by atoms with Crippen LogP contribution in [0.4, 0.5) is 10.7 Å². The van der Waals surface area contributed by atoms with Gasteiger partial charge in [0.25, 0.3) is 11.6 Å². The summed E-state index contributed by atoms with van der Waals surface area (Å²) in [7, 11) is 0. The number of halogens is 1. The molecular formula is C22H21ClN4O8S. The van der Waals surface area contributed by atoms with Crippen LogP contribution in [0.5, 0.6) is 5.75 Å². The number of hydrogen-bond donors (Lipinski definition) is 1. The van der Waals surface area contributed by atoms with Crippen LogP contribution in [0.15, 0.2) is 30.5 Å². The number of non-ortho nitro benzene ring substituents is 1. The molecule has 2 aromatic heterocycles. The maximum Gasteiger partial charge on any atom is 0.348 e.